The number of carbonyl (C=O) groups excluding carboxylic acids is 1. The summed E-state index contributed by atoms with van der Waals surface area (Å²) < 4.78 is 18.7. The van der Waals surface area contributed by atoms with Crippen LogP contribution in [0, 0.1) is 24.1 Å². The first-order valence-electron chi connectivity index (χ1n) is 5.25. The van der Waals surface area contributed by atoms with Crippen LogP contribution in [0.15, 0.2) is 18.2 Å². The number of hydrogen-bond acceptors (Lipinski definition) is 2. The van der Waals surface area contributed by atoms with E-state index in [-0.39, 0.29) is 23.9 Å². The maximum atomic E-state index is 13.7. The number of ether oxygens (including phenoxy) is 1. The molecule has 88 valence electrons. The Labute approximate surface area is 99.2 Å². The largest absolute Gasteiger partial charge is 0.497 e. The molecule has 0 aliphatic carbocycles. The molecule has 1 fully saturated rings. The number of hydrogen-bond donors (Lipinski definition) is 0. The lowest BCUT2D eigenvalue weighted by Crippen LogP contribution is -2.25. The van der Waals surface area contributed by atoms with Crippen LogP contribution in [-0.2, 0) is 4.79 Å². The van der Waals surface area contributed by atoms with E-state index in [1.54, 1.807) is 0 Å². The van der Waals surface area contributed by atoms with Gasteiger partial charge in [-0.2, -0.15) is 0 Å². The second kappa shape index (κ2) is 4.46. The number of halogens is 1. The molecule has 4 heteroatoms. The zero-order chi connectivity index (χ0) is 12.4. The quantitative estimate of drug-likeness (QED) is 0.729. The molecule has 0 bridgehead atoms. The SMILES string of the molecule is C#CC1CC(=O)N(c2cc(OC)ccc2F)C1. The predicted molar refractivity (Wildman–Crippen MR) is 62.2 cm³/mol. The van der Waals surface area contributed by atoms with Crippen molar-refractivity contribution in [1.82, 2.24) is 0 Å². The molecular formula is C13H12FNO2. The van der Waals surface area contributed by atoms with Crippen molar-refractivity contribution in [2.75, 3.05) is 18.6 Å². The Morgan fingerprint density at radius 1 is 1.59 bits per heavy atom. The van der Waals surface area contributed by atoms with E-state index in [2.05, 4.69) is 5.92 Å². The highest BCUT2D eigenvalue weighted by Gasteiger charge is 2.31. The van der Waals surface area contributed by atoms with Gasteiger partial charge in [-0.1, -0.05) is 0 Å². The summed E-state index contributed by atoms with van der Waals surface area (Å²) in [6, 6.07) is 4.30. The first-order valence-corrected chi connectivity index (χ1v) is 5.25. The highest BCUT2D eigenvalue weighted by molar-refractivity contribution is 5.96. The van der Waals surface area contributed by atoms with Crippen molar-refractivity contribution in [3.05, 3.63) is 24.0 Å². The summed E-state index contributed by atoms with van der Waals surface area (Å²) >= 11 is 0. The molecule has 17 heavy (non-hydrogen) atoms. The Morgan fingerprint density at radius 2 is 2.35 bits per heavy atom. The van der Waals surface area contributed by atoms with E-state index < -0.39 is 5.82 Å². The van der Waals surface area contributed by atoms with Crippen molar-refractivity contribution in [3.63, 3.8) is 0 Å². The number of rotatable bonds is 2. The van der Waals surface area contributed by atoms with E-state index in [1.807, 2.05) is 0 Å². The first kappa shape index (κ1) is 11.5. The minimum Gasteiger partial charge on any atom is -0.497 e. The molecule has 0 radical (unpaired) electrons. The van der Waals surface area contributed by atoms with Gasteiger partial charge in [0.15, 0.2) is 0 Å². The minimum absolute atomic E-state index is 0.145. The molecule has 1 amide bonds. The maximum absolute atomic E-state index is 13.7. The molecule has 1 aromatic carbocycles. The van der Waals surface area contributed by atoms with Gasteiger partial charge in [0.1, 0.15) is 11.6 Å². The summed E-state index contributed by atoms with van der Waals surface area (Å²) in [6.45, 7) is 0.361. The second-order valence-electron chi connectivity index (χ2n) is 3.89. The summed E-state index contributed by atoms with van der Waals surface area (Å²) in [4.78, 5) is 13.1. The molecule has 1 unspecified atom stereocenters. The highest BCUT2D eigenvalue weighted by atomic mass is 19.1. The number of benzene rings is 1. The Balaban J connectivity index is 2.34. The van der Waals surface area contributed by atoms with Crippen LogP contribution in [0.5, 0.6) is 5.75 Å². The van der Waals surface area contributed by atoms with Gasteiger partial charge >= 0.3 is 0 Å². The van der Waals surface area contributed by atoms with Crippen molar-refractivity contribution in [1.29, 1.82) is 0 Å². The molecule has 1 aliphatic heterocycles. The monoisotopic (exact) mass is 233 g/mol. The van der Waals surface area contributed by atoms with Gasteiger partial charge in [0.2, 0.25) is 5.91 Å². The lowest BCUT2D eigenvalue weighted by atomic mass is 10.1. The van der Waals surface area contributed by atoms with Crippen LogP contribution < -0.4 is 9.64 Å². The van der Waals surface area contributed by atoms with Crippen LogP contribution in [0.1, 0.15) is 6.42 Å². The lowest BCUT2D eigenvalue weighted by molar-refractivity contribution is -0.117. The predicted octanol–water partition coefficient (Wildman–Crippen LogP) is 1.82. The fourth-order valence-electron chi connectivity index (χ4n) is 1.88. The van der Waals surface area contributed by atoms with Gasteiger partial charge in [0, 0.05) is 24.9 Å². The van der Waals surface area contributed by atoms with Crippen molar-refractivity contribution < 1.29 is 13.9 Å². The molecule has 0 N–H and O–H groups in total. The summed E-state index contributed by atoms with van der Waals surface area (Å²) in [5, 5.41) is 0. The third-order valence-corrected chi connectivity index (χ3v) is 2.80. The number of nitrogens with zero attached hydrogens (tertiary/aromatic N) is 1. The Bertz CT molecular complexity index is 493. The molecule has 0 aromatic heterocycles. The smallest absolute Gasteiger partial charge is 0.228 e. The van der Waals surface area contributed by atoms with Gasteiger partial charge in [-0.25, -0.2) is 4.39 Å². The maximum Gasteiger partial charge on any atom is 0.228 e. The number of anilines is 1. The number of terminal acetylenes is 1. The Hall–Kier alpha value is -2.02. The van der Waals surface area contributed by atoms with Crippen LogP contribution in [0.3, 0.4) is 0 Å². The molecule has 3 nitrogen and oxygen atoms in total. The van der Waals surface area contributed by atoms with Crippen molar-refractivity contribution in [2.24, 2.45) is 5.92 Å². The zero-order valence-corrected chi connectivity index (χ0v) is 9.44. The summed E-state index contributed by atoms with van der Waals surface area (Å²) in [7, 11) is 1.49. The number of methoxy groups -OCH3 is 1. The van der Waals surface area contributed by atoms with Crippen LogP contribution in [-0.4, -0.2) is 19.6 Å². The van der Waals surface area contributed by atoms with E-state index in [0.29, 0.717) is 12.3 Å². The van der Waals surface area contributed by atoms with E-state index in [9.17, 15) is 9.18 Å². The van der Waals surface area contributed by atoms with Gasteiger partial charge in [-0.3, -0.25) is 4.79 Å². The Kier molecular flexibility index (Phi) is 3.01. The third-order valence-electron chi connectivity index (χ3n) is 2.80. The van der Waals surface area contributed by atoms with E-state index in [4.69, 9.17) is 11.2 Å². The van der Waals surface area contributed by atoms with Gasteiger partial charge in [-0.05, 0) is 12.1 Å². The molecule has 1 heterocycles. The second-order valence-corrected chi connectivity index (χ2v) is 3.89. The van der Waals surface area contributed by atoms with Crippen molar-refractivity contribution >= 4 is 11.6 Å². The molecule has 1 saturated heterocycles. The normalized spacial score (nSPS) is 19.2. The van der Waals surface area contributed by atoms with Gasteiger partial charge < -0.3 is 9.64 Å². The summed E-state index contributed by atoms with van der Waals surface area (Å²) in [6.07, 6.45) is 5.55. The molecule has 1 aromatic rings. The summed E-state index contributed by atoms with van der Waals surface area (Å²) in [5.74, 6) is 2.29. The van der Waals surface area contributed by atoms with Gasteiger partial charge in [0.25, 0.3) is 0 Å². The average Bonchev–Trinajstić information content (AvgIpc) is 2.71. The molecular weight excluding hydrogens is 221 g/mol. The lowest BCUT2D eigenvalue weighted by Gasteiger charge is -2.17. The fraction of sp³-hybridized carbons (Fsp3) is 0.308. The summed E-state index contributed by atoms with van der Waals surface area (Å²) in [5.41, 5.74) is 0.229. The molecule has 0 spiro atoms. The zero-order valence-electron chi connectivity index (χ0n) is 9.44. The highest BCUT2D eigenvalue weighted by Crippen LogP contribution is 2.30. The molecule has 1 atom stereocenters. The molecule has 1 aliphatic rings. The minimum atomic E-state index is -0.447. The number of amides is 1. The fourth-order valence-corrected chi connectivity index (χ4v) is 1.88. The first-order chi connectivity index (χ1) is 8.15. The topological polar surface area (TPSA) is 29.5 Å². The van der Waals surface area contributed by atoms with Crippen LogP contribution in [0.25, 0.3) is 0 Å². The van der Waals surface area contributed by atoms with Crippen molar-refractivity contribution in [2.45, 2.75) is 6.42 Å². The third kappa shape index (κ3) is 2.09. The molecule has 2 rings (SSSR count). The van der Waals surface area contributed by atoms with Crippen LogP contribution >= 0.6 is 0 Å². The van der Waals surface area contributed by atoms with Crippen LogP contribution in [0.4, 0.5) is 10.1 Å². The Morgan fingerprint density at radius 3 is 2.94 bits per heavy atom. The van der Waals surface area contributed by atoms with Crippen LogP contribution in [0.2, 0.25) is 0 Å². The molecule has 0 saturated carbocycles. The standard InChI is InChI=1S/C13H12FNO2/c1-3-9-6-13(16)15(8-9)12-7-10(17-2)4-5-11(12)14/h1,4-5,7,9H,6,8H2,2H3. The van der Waals surface area contributed by atoms with E-state index in [0.717, 1.165) is 0 Å². The van der Waals surface area contributed by atoms with Gasteiger partial charge in [0.05, 0.1) is 12.8 Å². The van der Waals surface area contributed by atoms with Crippen molar-refractivity contribution in [3.8, 4) is 18.1 Å². The van der Waals surface area contributed by atoms with E-state index in [1.165, 1.54) is 30.2 Å². The van der Waals surface area contributed by atoms with E-state index >= 15 is 0 Å². The van der Waals surface area contributed by atoms with Gasteiger partial charge in [-0.15, -0.1) is 12.3 Å². The average molecular weight is 233 g/mol. The number of carbonyl (C=O) groups is 1.